The van der Waals surface area contributed by atoms with Gasteiger partial charge in [0.05, 0.1) is 6.04 Å². The molecule has 0 spiro atoms. The maximum Gasteiger partial charge on any atom is 0.0580 e. The van der Waals surface area contributed by atoms with E-state index in [9.17, 15) is 0 Å². The molecule has 0 aliphatic carbocycles. The van der Waals surface area contributed by atoms with Crippen LogP contribution in [-0.2, 0) is 0 Å². The Morgan fingerprint density at radius 3 is 2.20 bits per heavy atom. The summed E-state index contributed by atoms with van der Waals surface area (Å²) in [6.45, 7) is 8.57. The van der Waals surface area contributed by atoms with Gasteiger partial charge < -0.3 is 5.32 Å². The smallest absolute Gasteiger partial charge is 0.0580 e. The quantitative estimate of drug-likeness (QED) is 0.848. The van der Waals surface area contributed by atoms with Crippen LogP contribution in [0.3, 0.4) is 0 Å². The number of aryl methyl sites for hydroxylation is 3. The van der Waals surface area contributed by atoms with Gasteiger partial charge in [-0.1, -0.05) is 35.9 Å². The summed E-state index contributed by atoms with van der Waals surface area (Å²) in [5.41, 5.74) is 7.68. The van der Waals surface area contributed by atoms with Gasteiger partial charge in [-0.2, -0.15) is 0 Å². The van der Waals surface area contributed by atoms with Gasteiger partial charge >= 0.3 is 0 Å². The molecule has 0 aromatic heterocycles. The van der Waals surface area contributed by atoms with Crippen LogP contribution in [0.25, 0.3) is 0 Å². The predicted molar refractivity (Wildman–Crippen MR) is 87.7 cm³/mol. The Labute approximate surface area is 127 Å². The highest BCUT2D eigenvalue weighted by molar-refractivity contribution is 6.31. The Morgan fingerprint density at radius 1 is 0.900 bits per heavy atom. The van der Waals surface area contributed by atoms with Crippen LogP contribution in [0.1, 0.15) is 39.4 Å². The van der Waals surface area contributed by atoms with Gasteiger partial charge in [-0.15, -0.1) is 0 Å². The lowest BCUT2D eigenvalue weighted by Gasteiger charge is -2.23. The maximum atomic E-state index is 6.27. The van der Waals surface area contributed by atoms with E-state index in [0.29, 0.717) is 0 Å². The lowest BCUT2D eigenvalue weighted by Crippen LogP contribution is -2.20. The summed E-state index contributed by atoms with van der Waals surface area (Å²) in [5, 5.41) is 4.25. The van der Waals surface area contributed by atoms with Crippen LogP contribution in [-0.4, -0.2) is 7.05 Å². The molecule has 20 heavy (non-hydrogen) atoms. The fourth-order valence-corrected chi connectivity index (χ4v) is 2.89. The van der Waals surface area contributed by atoms with Crippen molar-refractivity contribution in [1.29, 1.82) is 0 Å². The highest BCUT2D eigenvalue weighted by Gasteiger charge is 2.18. The van der Waals surface area contributed by atoms with Crippen molar-refractivity contribution < 1.29 is 0 Å². The molecule has 0 aliphatic heterocycles. The lowest BCUT2D eigenvalue weighted by molar-refractivity contribution is 0.682. The van der Waals surface area contributed by atoms with Crippen LogP contribution < -0.4 is 5.32 Å². The Morgan fingerprint density at radius 2 is 1.55 bits per heavy atom. The van der Waals surface area contributed by atoms with E-state index in [2.05, 4.69) is 51.2 Å². The normalized spacial score (nSPS) is 12.5. The summed E-state index contributed by atoms with van der Waals surface area (Å²) in [4.78, 5) is 0. The number of benzene rings is 2. The summed E-state index contributed by atoms with van der Waals surface area (Å²) >= 11 is 6.27. The molecule has 106 valence electrons. The summed E-state index contributed by atoms with van der Waals surface area (Å²) in [6.07, 6.45) is 0. The molecule has 1 nitrogen and oxygen atoms in total. The fourth-order valence-electron chi connectivity index (χ4n) is 2.71. The van der Waals surface area contributed by atoms with E-state index in [0.717, 1.165) is 10.6 Å². The average Bonchev–Trinajstić information content (AvgIpc) is 2.41. The second-order valence-corrected chi connectivity index (χ2v) is 5.88. The van der Waals surface area contributed by atoms with Crippen molar-refractivity contribution in [2.75, 3.05) is 7.05 Å². The second-order valence-electron chi connectivity index (χ2n) is 5.47. The van der Waals surface area contributed by atoms with E-state index in [4.69, 9.17) is 11.6 Å². The summed E-state index contributed by atoms with van der Waals surface area (Å²) in [7, 11) is 2.00. The molecular formula is C18H22ClN. The van der Waals surface area contributed by atoms with Crippen molar-refractivity contribution in [3.05, 3.63) is 68.7 Å². The summed E-state index contributed by atoms with van der Waals surface area (Å²) < 4.78 is 0. The molecule has 0 radical (unpaired) electrons. The molecular weight excluding hydrogens is 266 g/mol. The molecule has 0 amide bonds. The predicted octanol–water partition coefficient (Wildman–Crippen LogP) is 4.88. The van der Waals surface area contributed by atoms with Crippen LogP contribution in [0, 0.1) is 27.7 Å². The molecule has 1 atom stereocenters. The number of rotatable bonds is 3. The molecule has 1 N–H and O–H groups in total. The van der Waals surface area contributed by atoms with Gasteiger partial charge in [0, 0.05) is 5.02 Å². The van der Waals surface area contributed by atoms with E-state index in [1.165, 1.54) is 27.8 Å². The number of nitrogens with one attached hydrogen (secondary N) is 1. The molecule has 2 rings (SSSR count). The van der Waals surface area contributed by atoms with Crippen LogP contribution in [0.2, 0.25) is 5.02 Å². The average molecular weight is 288 g/mol. The van der Waals surface area contributed by atoms with E-state index in [1.807, 2.05) is 19.2 Å². The standard InChI is InChI=1S/C18H22ClN/c1-11-9-13(3)16(10-12(11)2)18(20-5)15-7-6-8-17(19)14(15)4/h6-10,18,20H,1-5H3. The van der Waals surface area contributed by atoms with Crippen LogP contribution >= 0.6 is 11.6 Å². The van der Waals surface area contributed by atoms with Crippen molar-refractivity contribution in [2.24, 2.45) is 0 Å². The first-order chi connectivity index (χ1) is 9.45. The Bertz CT molecular complexity index is 632. The maximum absolute atomic E-state index is 6.27. The van der Waals surface area contributed by atoms with Crippen molar-refractivity contribution >= 4 is 11.6 Å². The topological polar surface area (TPSA) is 12.0 Å². The molecule has 0 saturated carbocycles. The highest BCUT2D eigenvalue weighted by atomic mass is 35.5. The van der Waals surface area contributed by atoms with E-state index in [1.54, 1.807) is 0 Å². The third kappa shape index (κ3) is 2.74. The monoisotopic (exact) mass is 287 g/mol. The number of hydrogen-bond donors (Lipinski definition) is 1. The van der Waals surface area contributed by atoms with Crippen LogP contribution in [0.5, 0.6) is 0 Å². The van der Waals surface area contributed by atoms with Crippen molar-refractivity contribution in [3.63, 3.8) is 0 Å². The zero-order valence-electron chi connectivity index (χ0n) is 12.8. The van der Waals surface area contributed by atoms with Crippen molar-refractivity contribution in [3.8, 4) is 0 Å². The van der Waals surface area contributed by atoms with Crippen LogP contribution in [0.15, 0.2) is 30.3 Å². The van der Waals surface area contributed by atoms with Gasteiger partial charge in [-0.05, 0) is 74.2 Å². The molecule has 0 heterocycles. The van der Waals surface area contributed by atoms with Crippen LogP contribution in [0.4, 0.5) is 0 Å². The first kappa shape index (κ1) is 15.1. The Kier molecular flexibility index (Phi) is 4.52. The van der Waals surface area contributed by atoms with E-state index >= 15 is 0 Å². The molecule has 1 unspecified atom stereocenters. The zero-order chi connectivity index (χ0) is 14.9. The zero-order valence-corrected chi connectivity index (χ0v) is 13.6. The van der Waals surface area contributed by atoms with E-state index in [-0.39, 0.29) is 6.04 Å². The lowest BCUT2D eigenvalue weighted by atomic mass is 9.90. The molecule has 0 aliphatic rings. The Hall–Kier alpha value is -1.31. The molecule has 2 heteroatoms. The second kappa shape index (κ2) is 5.99. The molecule has 0 saturated heterocycles. The van der Waals surface area contributed by atoms with E-state index < -0.39 is 0 Å². The van der Waals surface area contributed by atoms with Gasteiger partial charge in [0.25, 0.3) is 0 Å². The van der Waals surface area contributed by atoms with Crippen molar-refractivity contribution in [1.82, 2.24) is 5.32 Å². The minimum atomic E-state index is 0.174. The third-order valence-electron chi connectivity index (χ3n) is 4.10. The largest absolute Gasteiger partial charge is 0.309 e. The van der Waals surface area contributed by atoms with Crippen molar-refractivity contribution in [2.45, 2.75) is 33.7 Å². The van der Waals surface area contributed by atoms with Gasteiger partial charge in [-0.25, -0.2) is 0 Å². The van der Waals surface area contributed by atoms with Gasteiger partial charge in [0.1, 0.15) is 0 Å². The first-order valence-electron chi connectivity index (χ1n) is 6.95. The minimum Gasteiger partial charge on any atom is -0.309 e. The molecule has 2 aromatic carbocycles. The summed E-state index contributed by atoms with van der Waals surface area (Å²) in [5.74, 6) is 0. The molecule has 0 fully saturated rings. The Balaban J connectivity index is 2.58. The summed E-state index contributed by atoms with van der Waals surface area (Å²) in [6, 6.07) is 10.8. The SMILES string of the molecule is CNC(c1cc(C)c(C)cc1C)c1cccc(Cl)c1C. The highest BCUT2D eigenvalue weighted by Crippen LogP contribution is 2.31. The van der Waals surface area contributed by atoms with Gasteiger partial charge in [0.2, 0.25) is 0 Å². The molecule has 0 bridgehead atoms. The van der Waals surface area contributed by atoms with Gasteiger partial charge in [-0.3, -0.25) is 0 Å². The number of halogens is 1. The van der Waals surface area contributed by atoms with Gasteiger partial charge in [0.15, 0.2) is 0 Å². The first-order valence-corrected chi connectivity index (χ1v) is 7.33. The fraction of sp³-hybridized carbons (Fsp3) is 0.333. The number of hydrogen-bond acceptors (Lipinski definition) is 1. The minimum absolute atomic E-state index is 0.174. The molecule has 2 aromatic rings. The third-order valence-corrected chi connectivity index (χ3v) is 4.51.